The van der Waals surface area contributed by atoms with E-state index < -0.39 is 6.10 Å². The molecule has 0 N–H and O–H groups in total. The van der Waals surface area contributed by atoms with Crippen LogP contribution >= 0.6 is 0 Å². The van der Waals surface area contributed by atoms with E-state index in [4.69, 9.17) is 14.2 Å². The number of allylic oxidation sites excluding steroid dienone is 16. The van der Waals surface area contributed by atoms with E-state index in [1.165, 1.54) is 96.3 Å². The molecule has 0 aliphatic rings. The number of carbonyl (C=O) groups is 2. The number of hydrogen-bond donors (Lipinski definition) is 0. The minimum absolute atomic E-state index is 0.0515. The highest BCUT2D eigenvalue weighted by Crippen LogP contribution is 2.12. The van der Waals surface area contributed by atoms with Gasteiger partial charge in [0, 0.05) is 19.4 Å². The maximum atomic E-state index is 12.8. The van der Waals surface area contributed by atoms with Crippen LogP contribution in [0.5, 0.6) is 0 Å². The van der Waals surface area contributed by atoms with Crippen molar-refractivity contribution in [3.63, 3.8) is 0 Å². The molecule has 0 spiro atoms. The van der Waals surface area contributed by atoms with Gasteiger partial charge in [0.1, 0.15) is 6.61 Å². The van der Waals surface area contributed by atoms with Gasteiger partial charge in [-0.1, -0.05) is 195 Å². The summed E-state index contributed by atoms with van der Waals surface area (Å²) in [5.74, 6) is -0.466. The van der Waals surface area contributed by atoms with Crippen molar-refractivity contribution in [3.05, 3.63) is 97.2 Å². The molecule has 0 rings (SSSR count). The minimum Gasteiger partial charge on any atom is -0.462 e. The third kappa shape index (κ3) is 49.5. The van der Waals surface area contributed by atoms with Crippen LogP contribution in [0.1, 0.15) is 226 Å². The second-order valence-corrected chi connectivity index (χ2v) is 16.7. The second kappa shape index (κ2) is 52.2. The van der Waals surface area contributed by atoms with Crippen LogP contribution in [0.25, 0.3) is 0 Å². The van der Waals surface area contributed by atoms with Gasteiger partial charge in [0.15, 0.2) is 6.10 Å². The van der Waals surface area contributed by atoms with Crippen LogP contribution < -0.4 is 0 Å². The average Bonchev–Trinajstić information content (AvgIpc) is 3.27. The Kier molecular flexibility index (Phi) is 49.5. The van der Waals surface area contributed by atoms with Crippen molar-refractivity contribution in [3.8, 4) is 0 Å². The first-order valence-corrected chi connectivity index (χ1v) is 25.8. The molecule has 0 bridgehead atoms. The van der Waals surface area contributed by atoms with Crippen molar-refractivity contribution in [2.24, 2.45) is 0 Å². The molecule has 354 valence electrons. The summed E-state index contributed by atoms with van der Waals surface area (Å²) in [4.78, 5) is 25.3. The predicted molar refractivity (Wildman–Crippen MR) is 270 cm³/mol. The SMILES string of the molecule is CC/C=C\C/C=C\C/C=C\C/C=C\CCCCC(=O)OCC(COCCCCCCCCC/C=C\C/C=C\C/C=C\CCCCC)OC(=O)CCCCCCC/C=C\CCCC. The molecular formula is C57H96O5. The third-order valence-corrected chi connectivity index (χ3v) is 10.6. The van der Waals surface area contributed by atoms with E-state index >= 15 is 0 Å². The maximum absolute atomic E-state index is 12.8. The van der Waals surface area contributed by atoms with Crippen LogP contribution in [0, 0.1) is 0 Å². The summed E-state index contributed by atoms with van der Waals surface area (Å²) in [5.41, 5.74) is 0. The second-order valence-electron chi connectivity index (χ2n) is 16.7. The van der Waals surface area contributed by atoms with Crippen LogP contribution in [0.2, 0.25) is 0 Å². The Hall–Kier alpha value is -3.18. The summed E-state index contributed by atoms with van der Waals surface area (Å²) in [6.45, 7) is 7.57. The third-order valence-electron chi connectivity index (χ3n) is 10.6. The molecule has 0 fully saturated rings. The van der Waals surface area contributed by atoms with Gasteiger partial charge in [-0.2, -0.15) is 0 Å². The fraction of sp³-hybridized carbons (Fsp3) is 0.684. The van der Waals surface area contributed by atoms with E-state index in [0.29, 0.717) is 19.4 Å². The molecule has 0 heterocycles. The molecule has 5 nitrogen and oxygen atoms in total. The predicted octanol–water partition coefficient (Wildman–Crippen LogP) is 17.5. The van der Waals surface area contributed by atoms with E-state index in [1.807, 2.05) is 0 Å². The first-order chi connectivity index (χ1) is 30.6. The summed E-state index contributed by atoms with van der Waals surface area (Å²) in [7, 11) is 0. The Bertz CT molecular complexity index is 1200. The maximum Gasteiger partial charge on any atom is 0.306 e. The molecule has 0 aromatic rings. The van der Waals surface area contributed by atoms with E-state index in [0.717, 1.165) is 96.3 Å². The van der Waals surface area contributed by atoms with Crippen molar-refractivity contribution in [2.45, 2.75) is 232 Å². The summed E-state index contributed by atoms with van der Waals surface area (Å²) < 4.78 is 17.3. The largest absolute Gasteiger partial charge is 0.462 e. The Morgan fingerprint density at radius 3 is 1.26 bits per heavy atom. The van der Waals surface area contributed by atoms with Crippen LogP contribution in [0.4, 0.5) is 0 Å². The van der Waals surface area contributed by atoms with E-state index in [-0.39, 0.29) is 25.2 Å². The fourth-order valence-corrected chi connectivity index (χ4v) is 6.72. The average molecular weight is 861 g/mol. The first kappa shape index (κ1) is 58.8. The van der Waals surface area contributed by atoms with E-state index in [1.54, 1.807) is 0 Å². The standard InChI is InChI=1S/C57H96O5/c1-4-7-10-13-16-19-22-24-26-27-28-29-30-32-34-37-40-43-46-49-52-60-53-55(62-57(59)51-48-45-42-39-35-21-18-15-12-9-6-3)54-61-56(58)50-47-44-41-38-36-33-31-25-23-20-17-14-11-8-5-2/h8,11,15-20,24-26,28-29,31,36,38,55H,4-7,9-10,12-14,21-23,27,30,32-35,37,39-54H2,1-3H3/b11-8-,18-15-,19-16-,20-17-,26-24-,29-28-,31-25-,38-36-. The first-order valence-electron chi connectivity index (χ1n) is 25.8. The number of ether oxygens (including phenoxy) is 3. The van der Waals surface area contributed by atoms with Gasteiger partial charge < -0.3 is 14.2 Å². The summed E-state index contributed by atoms with van der Waals surface area (Å²) in [6.07, 6.45) is 69.9. The molecule has 0 aromatic heterocycles. The lowest BCUT2D eigenvalue weighted by molar-refractivity contribution is -0.163. The highest BCUT2D eigenvalue weighted by molar-refractivity contribution is 5.70. The van der Waals surface area contributed by atoms with Crippen LogP contribution in [0.3, 0.4) is 0 Å². The van der Waals surface area contributed by atoms with Gasteiger partial charge in [0.2, 0.25) is 0 Å². The zero-order valence-corrected chi connectivity index (χ0v) is 40.6. The summed E-state index contributed by atoms with van der Waals surface area (Å²) >= 11 is 0. The Labute approximate surface area is 383 Å². The number of carbonyl (C=O) groups excluding carboxylic acids is 2. The Morgan fingerprint density at radius 2 is 0.742 bits per heavy atom. The highest BCUT2D eigenvalue weighted by Gasteiger charge is 2.17. The number of rotatable bonds is 46. The van der Waals surface area contributed by atoms with Crippen molar-refractivity contribution in [1.29, 1.82) is 0 Å². The van der Waals surface area contributed by atoms with Gasteiger partial charge in [-0.25, -0.2) is 0 Å². The molecule has 0 radical (unpaired) electrons. The van der Waals surface area contributed by atoms with Crippen LogP contribution in [0.15, 0.2) is 97.2 Å². The Balaban J connectivity index is 4.32. The molecule has 1 unspecified atom stereocenters. The van der Waals surface area contributed by atoms with Crippen molar-refractivity contribution in [2.75, 3.05) is 19.8 Å². The number of unbranched alkanes of at least 4 members (excludes halogenated alkanes) is 19. The normalized spacial score (nSPS) is 13.0. The molecule has 1 atom stereocenters. The zero-order chi connectivity index (χ0) is 44.9. The molecule has 0 aliphatic heterocycles. The topological polar surface area (TPSA) is 61.8 Å². The number of hydrogen-bond acceptors (Lipinski definition) is 5. The van der Waals surface area contributed by atoms with Gasteiger partial charge >= 0.3 is 11.9 Å². The minimum atomic E-state index is -0.567. The molecule has 0 amide bonds. The summed E-state index contributed by atoms with van der Waals surface area (Å²) in [6, 6.07) is 0. The van der Waals surface area contributed by atoms with Crippen molar-refractivity contribution in [1.82, 2.24) is 0 Å². The molecule has 0 saturated carbocycles. The fourth-order valence-electron chi connectivity index (χ4n) is 6.72. The van der Waals surface area contributed by atoms with Crippen LogP contribution in [-0.2, 0) is 23.8 Å². The van der Waals surface area contributed by atoms with Gasteiger partial charge in [-0.3, -0.25) is 9.59 Å². The molecule has 0 aromatic carbocycles. The molecule has 0 saturated heterocycles. The lowest BCUT2D eigenvalue weighted by Crippen LogP contribution is -2.30. The van der Waals surface area contributed by atoms with Gasteiger partial charge in [-0.15, -0.1) is 0 Å². The quantitative estimate of drug-likeness (QED) is 0.0347. The monoisotopic (exact) mass is 861 g/mol. The molecular weight excluding hydrogens is 765 g/mol. The lowest BCUT2D eigenvalue weighted by Gasteiger charge is -2.18. The van der Waals surface area contributed by atoms with E-state index in [9.17, 15) is 9.59 Å². The number of esters is 2. The van der Waals surface area contributed by atoms with Crippen molar-refractivity contribution < 1.29 is 23.8 Å². The van der Waals surface area contributed by atoms with Gasteiger partial charge in [0.05, 0.1) is 6.61 Å². The van der Waals surface area contributed by atoms with E-state index in [2.05, 4.69) is 118 Å². The molecule has 0 aliphatic carbocycles. The van der Waals surface area contributed by atoms with Crippen LogP contribution in [-0.4, -0.2) is 37.9 Å². The summed E-state index contributed by atoms with van der Waals surface area (Å²) in [5, 5.41) is 0. The Morgan fingerprint density at radius 1 is 0.371 bits per heavy atom. The molecule has 62 heavy (non-hydrogen) atoms. The van der Waals surface area contributed by atoms with Gasteiger partial charge in [-0.05, 0) is 116 Å². The highest BCUT2D eigenvalue weighted by atomic mass is 16.6. The zero-order valence-electron chi connectivity index (χ0n) is 40.6. The van der Waals surface area contributed by atoms with Gasteiger partial charge in [0.25, 0.3) is 0 Å². The lowest BCUT2D eigenvalue weighted by atomic mass is 10.1. The molecule has 5 heteroatoms. The van der Waals surface area contributed by atoms with Crippen molar-refractivity contribution >= 4 is 11.9 Å². The smallest absolute Gasteiger partial charge is 0.306 e.